The minimum atomic E-state index is -0.707. The maximum Gasteiger partial charge on any atom is 0.306 e. The molecule has 0 aliphatic heterocycles. The van der Waals surface area contributed by atoms with E-state index in [1.54, 1.807) is 0 Å². The summed E-state index contributed by atoms with van der Waals surface area (Å²) in [5.74, 6) is -0.140. The van der Waals surface area contributed by atoms with E-state index in [1.165, 1.54) is 0 Å². The van der Waals surface area contributed by atoms with Gasteiger partial charge < -0.3 is 14.8 Å². The Kier molecular flexibility index (Phi) is 2.78. The minimum absolute atomic E-state index is 0.0518. The topological polar surface area (TPSA) is 75.4 Å². The first-order chi connectivity index (χ1) is 9.10. The zero-order valence-electron chi connectivity index (χ0n) is 10.9. The van der Waals surface area contributed by atoms with Gasteiger partial charge in [0.05, 0.1) is 5.92 Å². The van der Waals surface area contributed by atoms with Gasteiger partial charge in [-0.15, -0.1) is 0 Å². The molecule has 1 fully saturated rings. The molecular formula is C14H16N2O3. The van der Waals surface area contributed by atoms with Gasteiger partial charge in [0.2, 0.25) is 0 Å². The molecule has 19 heavy (non-hydrogen) atoms. The largest absolute Gasteiger partial charge is 0.481 e. The summed E-state index contributed by atoms with van der Waals surface area (Å²) in [7, 11) is 1.86. The molecule has 3 atom stereocenters. The predicted molar refractivity (Wildman–Crippen MR) is 69.8 cm³/mol. The molecular weight excluding hydrogens is 244 g/mol. The van der Waals surface area contributed by atoms with Crippen molar-refractivity contribution in [2.75, 3.05) is 7.05 Å². The zero-order valence-corrected chi connectivity index (χ0v) is 10.9. The number of hydrogen-bond donors (Lipinski definition) is 2. The van der Waals surface area contributed by atoms with Crippen molar-refractivity contribution in [3.8, 4) is 0 Å². The number of hydrogen-bond acceptors (Lipinski definition) is 4. The van der Waals surface area contributed by atoms with Crippen molar-refractivity contribution in [3.05, 3.63) is 29.7 Å². The summed E-state index contributed by atoms with van der Waals surface area (Å²) >= 11 is 0. The molecule has 100 valence electrons. The number of nitrogens with zero attached hydrogens (tertiary/aromatic N) is 1. The molecule has 1 aliphatic rings. The molecule has 5 nitrogen and oxygen atoms in total. The van der Waals surface area contributed by atoms with Crippen molar-refractivity contribution >= 4 is 17.1 Å². The third-order valence-corrected chi connectivity index (χ3v) is 3.77. The number of benzene rings is 1. The summed E-state index contributed by atoms with van der Waals surface area (Å²) in [4.78, 5) is 15.2. The SMILES string of the molecule is CNC(c1ccc2nc(C)oc2c1)C1CC1C(=O)O. The number of carbonyl (C=O) groups is 1. The van der Waals surface area contributed by atoms with Gasteiger partial charge in [-0.25, -0.2) is 4.98 Å². The molecule has 1 aromatic heterocycles. The van der Waals surface area contributed by atoms with Crippen LogP contribution in [0.4, 0.5) is 0 Å². The molecule has 0 amide bonds. The number of fused-ring (bicyclic) bond motifs is 1. The number of aromatic nitrogens is 1. The fourth-order valence-electron chi connectivity index (χ4n) is 2.74. The minimum Gasteiger partial charge on any atom is -0.481 e. The van der Waals surface area contributed by atoms with Crippen LogP contribution < -0.4 is 5.32 Å². The lowest BCUT2D eigenvalue weighted by atomic mass is 10.0. The van der Waals surface area contributed by atoms with E-state index in [-0.39, 0.29) is 17.9 Å². The molecule has 1 aromatic carbocycles. The molecule has 3 unspecified atom stereocenters. The number of oxazole rings is 1. The van der Waals surface area contributed by atoms with Gasteiger partial charge >= 0.3 is 5.97 Å². The normalized spacial score (nSPS) is 23.5. The number of carboxylic acids is 1. The summed E-state index contributed by atoms with van der Waals surface area (Å²) in [6.07, 6.45) is 0.730. The molecule has 2 aromatic rings. The van der Waals surface area contributed by atoms with Gasteiger partial charge in [-0.1, -0.05) is 6.07 Å². The number of carboxylic acid groups (broad SMARTS) is 1. The average Bonchev–Trinajstić information content (AvgIpc) is 3.05. The van der Waals surface area contributed by atoms with Gasteiger partial charge in [0.1, 0.15) is 5.52 Å². The van der Waals surface area contributed by atoms with Gasteiger partial charge in [0.15, 0.2) is 11.5 Å². The zero-order chi connectivity index (χ0) is 13.6. The molecule has 2 N–H and O–H groups in total. The number of nitrogens with one attached hydrogen (secondary N) is 1. The molecule has 3 rings (SSSR count). The van der Waals surface area contributed by atoms with Crippen LogP contribution in [-0.4, -0.2) is 23.1 Å². The Hall–Kier alpha value is -1.88. The van der Waals surface area contributed by atoms with Crippen LogP contribution in [0.2, 0.25) is 0 Å². The highest BCUT2D eigenvalue weighted by Crippen LogP contribution is 2.47. The fourth-order valence-corrected chi connectivity index (χ4v) is 2.74. The van der Waals surface area contributed by atoms with E-state index in [0.29, 0.717) is 5.89 Å². The molecule has 1 heterocycles. The van der Waals surface area contributed by atoms with E-state index >= 15 is 0 Å². The highest BCUT2D eigenvalue weighted by Gasteiger charge is 2.48. The second-order valence-electron chi connectivity index (χ2n) is 5.07. The first kappa shape index (κ1) is 12.2. The summed E-state index contributed by atoms with van der Waals surface area (Å²) in [6, 6.07) is 5.91. The van der Waals surface area contributed by atoms with Gasteiger partial charge in [-0.05, 0) is 37.1 Å². The van der Waals surface area contributed by atoms with Crippen LogP contribution in [0, 0.1) is 18.8 Å². The van der Waals surface area contributed by atoms with Crippen molar-refractivity contribution in [1.82, 2.24) is 10.3 Å². The molecule has 1 aliphatic carbocycles. The Morgan fingerprint density at radius 2 is 2.37 bits per heavy atom. The molecule has 0 spiro atoms. The fraction of sp³-hybridized carbons (Fsp3) is 0.429. The van der Waals surface area contributed by atoms with Crippen LogP contribution >= 0.6 is 0 Å². The van der Waals surface area contributed by atoms with Crippen LogP contribution in [0.15, 0.2) is 22.6 Å². The third kappa shape index (κ3) is 2.10. The van der Waals surface area contributed by atoms with E-state index in [1.807, 2.05) is 32.2 Å². The highest BCUT2D eigenvalue weighted by atomic mass is 16.4. The van der Waals surface area contributed by atoms with Gasteiger partial charge in [-0.2, -0.15) is 0 Å². The summed E-state index contributed by atoms with van der Waals surface area (Å²) in [5.41, 5.74) is 2.64. The average molecular weight is 260 g/mol. The Labute approximate surface area is 110 Å². The van der Waals surface area contributed by atoms with E-state index < -0.39 is 5.97 Å². The first-order valence-electron chi connectivity index (χ1n) is 6.37. The number of aliphatic carboxylic acids is 1. The Balaban J connectivity index is 1.91. The second-order valence-corrected chi connectivity index (χ2v) is 5.07. The van der Waals surface area contributed by atoms with Gasteiger partial charge in [0, 0.05) is 13.0 Å². The second kappa shape index (κ2) is 4.35. The van der Waals surface area contributed by atoms with Crippen LogP contribution in [0.1, 0.15) is 23.9 Å². The van der Waals surface area contributed by atoms with E-state index in [4.69, 9.17) is 9.52 Å². The maximum absolute atomic E-state index is 11.0. The standard InChI is InChI=1S/C14H16N2O3/c1-7-16-11-4-3-8(5-12(11)19-7)13(15-2)9-6-10(9)14(17)18/h3-5,9-10,13,15H,6H2,1-2H3,(H,17,18). The Morgan fingerprint density at radius 1 is 1.58 bits per heavy atom. The number of rotatable bonds is 4. The summed E-state index contributed by atoms with van der Waals surface area (Å²) < 4.78 is 5.52. The van der Waals surface area contributed by atoms with Crippen molar-refractivity contribution in [2.45, 2.75) is 19.4 Å². The van der Waals surface area contributed by atoms with Crippen molar-refractivity contribution in [1.29, 1.82) is 0 Å². The highest BCUT2D eigenvalue weighted by molar-refractivity contribution is 5.75. The van der Waals surface area contributed by atoms with Crippen molar-refractivity contribution in [2.24, 2.45) is 11.8 Å². The van der Waals surface area contributed by atoms with E-state index in [2.05, 4.69) is 10.3 Å². The summed E-state index contributed by atoms with van der Waals surface area (Å²) in [5, 5.41) is 12.2. The van der Waals surface area contributed by atoms with Crippen LogP contribution in [-0.2, 0) is 4.79 Å². The van der Waals surface area contributed by atoms with Crippen LogP contribution in [0.5, 0.6) is 0 Å². The molecule has 0 radical (unpaired) electrons. The predicted octanol–water partition coefficient (Wildman–Crippen LogP) is 2.12. The molecule has 0 saturated heterocycles. The van der Waals surface area contributed by atoms with Gasteiger partial charge in [-0.3, -0.25) is 4.79 Å². The van der Waals surface area contributed by atoms with Crippen molar-refractivity contribution < 1.29 is 14.3 Å². The Morgan fingerprint density at radius 3 is 3.00 bits per heavy atom. The van der Waals surface area contributed by atoms with E-state index in [0.717, 1.165) is 23.1 Å². The molecule has 5 heteroatoms. The van der Waals surface area contributed by atoms with E-state index in [9.17, 15) is 4.79 Å². The first-order valence-corrected chi connectivity index (χ1v) is 6.37. The van der Waals surface area contributed by atoms with Crippen molar-refractivity contribution in [3.63, 3.8) is 0 Å². The molecule has 0 bridgehead atoms. The lowest BCUT2D eigenvalue weighted by molar-refractivity contribution is -0.138. The number of aryl methyl sites for hydroxylation is 1. The maximum atomic E-state index is 11.0. The quantitative estimate of drug-likeness (QED) is 0.880. The van der Waals surface area contributed by atoms with Gasteiger partial charge in [0.25, 0.3) is 0 Å². The smallest absolute Gasteiger partial charge is 0.306 e. The Bertz CT molecular complexity index is 635. The van der Waals surface area contributed by atoms with Crippen LogP contribution in [0.3, 0.4) is 0 Å². The lowest BCUT2D eigenvalue weighted by Crippen LogP contribution is -2.20. The lowest BCUT2D eigenvalue weighted by Gasteiger charge is -2.16. The third-order valence-electron chi connectivity index (χ3n) is 3.77. The monoisotopic (exact) mass is 260 g/mol. The summed E-state index contributed by atoms with van der Waals surface area (Å²) in [6.45, 7) is 1.82. The van der Waals surface area contributed by atoms with Crippen LogP contribution in [0.25, 0.3) is 11.1 Å². The molecule has 1 saturated carbocycles.